The standard InChI is InChI=1S/C16H11F6NO3S/c1-9-2-5-11(6-3-9)27(25,26)23-14(24)12-7-4-10(15(17,18)19)8-13(12)16(20,21)22/h2-8H,1H3,(H,23,24). The Morgan fingerprint density at radius 3 is 1.93 bits per heavy atom. The molecule has 2 aromatic rings. The van der Waals surface area contributed by atoms with E-state index in [4.69, 9.17) is 0 Å². The van der Waals surface area contributed by atoms with Crippen LogP contribution < -0.4 is 4.72 Å². The molecule has 0 aliphatic carbocycles. The Morgan fingerprint density at radius 2 is 1.44 bits per heavy atom. The Labute approximate surface area is 149 Å². The van der Waals surface area contributed by atoms with E-state index >= 15 is 0 Å². The second kappa shape index (κ2) is 6.87. The summed E-state index contributed by atoms with van der Waals surface area (Å²) < 4.78 is 103. The van der Waals surface area contributed by atoms with Crippen LogP contribution in [0.25, 0.3) is 0 Å². The van der Waals surface area contributed by atoms with Gasteiger partial charge in [0.25, 0.3) is 15.9 Å². The molecule has 0 bridgehead atoms. The highest BCUT2D eigenvalue weighted by Gasteiger charge is 2.40. The number of aryl methyl sites for hydroxylation is 1. The summed E-state index contributed by atoms with van der Waals surface area (Å²) in [7, 11) is -4.51. The predicted octanol–water partition coefficient (Wildman–Crippen LogP) is 4.15. The number of carbonyl (C=O) groups excluding carboxylic acids is 1. The van der Waals surface area contributed by atoms with E-state index in [0.717, 1.165) is 12.1 Å². The van der Waals surface area contributed by atoms with E-state index in [-0.39, 0.29) is 23.1 Å². The summed E-state index contributed by atoms with van der Waals surface area (Å²) in [6, 6.07) is 5.36. The summed E-state index contributed by atoms with van der Waals surface area (Å²) in [6.07, 6.45) is -10.4. The minimum absolute atomic E-state index is 0.243. The largest absolute Gasteiger partial charge is 0.417 e. The molecular formula is C16H11F6NO3S. The summed E-state index contributed by atoms with van der Waals surface area (Å²) in [5.74, 6) is -1.70. The van der Waals surface area contributed by atoms with Crippen molar-refractivity contribution in [3.05, 3.63) is 64.7 Å². The third kappa shape index (κ3) is 4.79. The van der Waals surface area contributed by atoms with E-state index in [9.17, 15) is 39.6 Å². The topological polar surface area (TPSA) is 63.2 Å². The van der Waals surface area contributed by atoms with Crippen LogP contribution >= 0.6 is 0 Å². The van der Waals surface area contributed by atoms with Crippen molar-refractivity contribution in [1.82, 2.24) is 4.72 Å². The van der Waals surface area contributed by atoms with Crippen LogP contribution in [-0.2, 0) is 22.4 Å². The van der Waals surface area contributed by atoms with Crippen LogP contribution in [0.5, 0.6) is 0 Å². The Hall–Kier alpha value is -2.56. The van der Waals surface area contributed by atoms with Gasteiger partial charge in [-0.2, -0.15) is 26.3 Å². The lowest BCUT2D eigenvalue weighted by Gasteiger charge is -2.16. The van der Waals surface area contributed by atoms with Crippen molar-refractivity contribution in [1.29, 1.82) is 0 Å². The SMILES string of the molecule is Cc1ccc(S(=O)(=O)NC(=O)c2ccc(C(F)(F)F)cc2C(F)(F)F)cc1. The number of hydrogen-bond donors (Lipinski definition) is 1. The second-order valence-electron chi connectivity index (χ2n) is 5.50. The van der Waals surface area contributed by atoms with Gasteiger partial charge in [0.2, 0.25) is 0 Å². The minimum atomic E-state index is -5.30. The molecule has 0 saturated heterocycles. The molecule has 1 N–H and O–H groups in total. The number of sulfonamides is 1. The number of benzene rings is 2. The number of halogens is 6. The van der Waals surface area contributed by atoms with Crippen LogP contribution in [0.15, 0.2) is 47.4 Å². The van der Waals surface area contributed by atoms with Gasteiger partial charge in [0, 0.05) is 0 Å². The van der Waals surface area contributed by atoms with E-state index < -0.39 is 45.0 Å². The molecule has 27 heavy (non-hydrogen) atoms. The first-order valence-electron chi connectivity index (χ1n) is 7.14. The van der Waals surface area contributed by atoms with E-state index in [0.29, 0.717) is 5.56 Å². The maximum absolute atomic E-state index is 13.1. The summed E-state index contributed by atoms with van der Waals surface area (Å²) in [5.41, 5.74) is -4.06. The summed E-state index contributed by atoms with van der Waals surface area (Å²) in [5, 5.41) is 0. The van der Waals surface area contributed by atoms with Crippen molar-refractivity contribution < 1.29 is 39.6 Å². The lowest BCUT2D eigenvalue weighted by molar-refractivity contribution is -0.143. The normalized spacial score (nSPS) is 12.7. The molecule has 0 saturated carbocycles. The smallest absolute Gasteiger partial charge is 0.268 e. The molecule has 11 heteroatoms. The number of nitrogens with one attached hydrogen (secondary N) is 1. The average Bonchev–Trinajstić information content (AvgIpc) is 2.52. The highest BCUT2D eigenvalue weighted by molar-refractivity contribution is 7.90. The van der Waals surface area contributed by atoms with Gasteiger partial charge in [-0.3, -0.25) is 4.79 Å². The third-order valence-corrected chi connectivity index (χ3v) is 4.80. The first-order chi connectivity index (χ1) is 12.2. The molecule has 2 aromatic carbocycles. The number of amides is 1. The van der Waals surface area contributed by atoms with Crippen molar-refractivity contribution in [3.63, 3.8) is 0 Å². The molecule has 2 rings (SSSR count). The Balaban J connectivity index is 2.45. The van der Waals surface area contributed by atoms with Gasteiger partial charge >= 0.3 is 12.4 Å². The number of hydrogen-bond acceptors (Lipinski definition) is 3. The quantitative estimate of drug-likeness (QED) is 0.772. The van der Waals surface area contributed by atoms with E-state index in [1.54, 1.807) is 6.92 Å². The van der Waals surface area contributed by atoms with E-state index in [1.807, 2.05) is 0 Å². The number of rotatable bonds is 3. The Bertz CT molecular complexity index is 963. The van der Waals surface area contributed by atoms with Gasteiger partial charge in [-0.05, 0) is 37.3 Å². The highest BCUT2D eigenvalue weighted by Crippen LogP contribution is 2.37. The molecule has 0 atom stereocenters. The molecule has 0 aromatic heterocycles. The maximum Gasteiger partial charge on any atom is 0.417 e. The molecule has 0 radical (unpaired) electrons. The molecule has 0 spiro atoms. The Kier molecular flexibility index (Phi) is 5.28. The maximum atomic E-state index is 13.1. The van der Waals surface area contributed by atoms with Gasteiger partial charge in [0.05, 0.1) is 21.6 Å². The first kappa shape index (κ1) is 20.7. The molecule has 1 amide bonds. The fourth-order valence-electron chi connectivity index (χ4n) is 2.11. The van der Waals surface area contributed by atoms with Crippen molar-refractivity contribution >= 4 is 15.9 Å². The van der Waals surface area contributed by atoms with Crippen LogP contribution in [0.4, 0.5) is 26.3 Å². The summed E-state index contributed by atoms with van der Waals surface area (Å²) in [4.78, 5) is 11.7. The zero-order valence-corrected chi connectivity index (χ0v) is 14.3. The van der Waals surface area contributed by atoms with Crippen LogP contribution in [0.3, 0.4) is 0 Å². The lowest BCUT2D eigenvalue weighted by Crippen LogP contribution is -2.32. The molecule has 0 unspecified atom stereocenters. The van der Waals surface area contributed by atoms with Gasteiger partial charge < -0.3 is 0 Å². The zero-order valence-electron chi connectivity index (χ0n) is 13.4. The van der Waals surface area contributed by atoms with Crippen molar-refractivity contribution in [2.45, 2.75) is 24.2 Å². The number of carbonyl (C=O) groups is 1. The number of alkyl halides is 6. The van der Waals surface area contributed by atoms with Crippen molar-refractivity contribution in [3.8, 4) is 0 Å². The summed E-state index contributed by atoms with van der Waals surface area (Å²) in [6.45, 7) is 1.66. The van der Waals surface area contributed by atoms with Gasteiger partial charge in [-0.15, -0.1) is 0 Å². The highest BCUT2D eigenvalue weighted by atomic mass is 32.2. The van der Waals surface area contributed by atoms with Crippen molar-refractivity contribution in [2.75, 3.05) is 0 Å². The molecule has 0 heterocycles. The average molecular weight is 411 g/mol. The van der Waals surface area contributed by atoms with Gasteiger partial charge in [0.15, 0.2) is 0 Å². The monoisotopic (exact) mass is 411 g/mol. The fourth-order valence-corrected chi connectivity index (χ4v) is 3.07. The first-order valence-corrected chi connectivity index (χ1v) is 8.62. The predicted molar refractivity (Wildman–Crippen MR) is 82.3 cm³/mol. The fraction of sp³-hybridized carbons (Fsp3) is 0.188. The molecule has 0 aliphatic heterocycles. The van der Waals surface area contributed by atoms with E-state index in [2.05, 4.69) is 0 Å². The third-order valence-electron chi connectivity index (χ3n) is 3.46. The summed E-state index contributed by atoms with van der Waals surface area (Å²) >= 11 is 0. The molecule has 146 valence electrons. The van der Waals surface area contributed by atoms with Gasteiger partial charge in [-0.1, -0.05) is 17.7 Å². The molecule has 4 nitrogen and oxygen atoms in total. The zero-order chi connectivity index (χ0) is 20.6. The Morgan fingerprint density at radius 1 is 0.889 bits per heavy atom. The van der Waals surface area contributed by atoms with Crippen LogP contribution in [0, 0.1) is 6.92 Å². The molecular weight excluding hydrogens is 400 g/mol. The molecule has 0 aliphatic rings. The lowest BCUT2D eigenvalue weighted by atomic mass is 10.0. The van der Waals surface area contributed by atoms with Gasteiger partial charge in [-0.25, -0.2) is 13.1 Å². The minimum Gasteiger partial charge on any atom is -0.268 e. The van der Waals surface area contributed by atoms with Crippen molar-refractivity contribution in [2.24, 2.45) is 0 Å². The molecule has 0 fully saturated rings. The van der Waals surface area contributed by atoms with Crippen LogP contribution in [0.2, 0.25) is 0 Å². The van der Waals surface area contributed by atoms with Crippen LogP contribution in [0.1, 0.15) is 27.0 Å². The van der Waals surface area contributed by atoms with E-state index in [1.165, 1.54) is 16.9 Å². The van der Waals surface area contributed by atoms with Gasteiger partial charge in [0.1, 0.15) is 0 Å². The second-order valence-corrected chi connectivity index (χ2v) is 7.19. The van der Waals surface area contributed by atoms with Crippen LogP contribution in [-0.4, -0.2) is 14.3 Å².